The van der Waals surface area contributed by atoms with E-state index in [9.17, 15) is 35.7 Å². The van der Waals surface area contributed by atoms with Crippen LogP contribution >= 0.6 is 0 Å². The Morgan fingerprint density at radius 2 is 1.61 bits per heavy atom. The van der Waals surface area contributed by atoms with Crippen molar-refractivity contribution in [2.45, 2.75) is 55.9 Å². The molecule has 2 heterocycles. The zero-order valence-corrected chi connectivity index (χ0v) is 17.8. The minimum absolute atomic E-state index is 0.00849. The number of phenols is 3. The number of rotatable bonds is 4. The number of aliphatic hydroxyl groups excluding tert-OH is 4. The van der Waals surface area contributed by atoms with Crippen LogP contribution in [0, 0.1) is 0 Å². The molecule has 0 amide bonds. The second-order valence-corrected chi connectivity index (χ2v) is 8.07. The minimum Gasteiger partial charge on any atom is -0.508 e. The summed E-state index contributed by atoms with van der Waals surface area (Å²) in [6, 6.07) is 6.55. The summed E-state index contributed by atoms with van der Waals surface area (Å²) >= 11 is 0. The van der Waals surface area contributed by atoms with Crippen LogP contribution in [0.15, 0.2) is 30.3 Å². The average molecular weight is 466 g/mol. The number of aliphatic hydroxyl groups is 4. The predicted molar refractivity (Wildman–Crippen MR) is 110 cm³/mol. The molecule has 0 aromatic heterocycles. The molecule has 7 N–H and O–H groups in total. The van der Waals surface area contributed by atoms with Crippen molar-refractivity contribution in [1.29, 1.82) is 0 Å². The van der Waals surface area contributed by atoms with Crippen LogP contribution in [0.1, 0.15) is 30.3 Å². The first-order valence-electron chi connectivity index (χ1n) is 10.2. The lowest BCUT2D eigenvalue weighted by molar-refractivity contribution is -0.319. The predicted octanol–water partition coefficient (Wildman–Crippen LogP) is 0.192. The number of hydrogen-bond acceptors (Lipinski definition) is 11. The summed E-state index contributed by atoms with van der Waals surface area (Å²) in [6.07, 6.45) is -10.8. The van der Waals surface area contributed by atoms with Crippen LogP contribution in [0.3, 0.4) is 0 Å². The van der Waals surface area contributed by atoms with E-state index >= 15 is 0 Å². The number of ether oxygens (including phenoxy) is 4. The average Bonchev–Trinajstić information content (AvgIpc) is 2.77. The van der Waals surface area contributed by atoms with Gasteiger partial charge >= 0.3 is 0 Å². The molecule has 0 spiro atoms. The van der Waals surface area contributed by atoms with Crippen molar-refractivity contribution in [2.75, 3.05) is 7.11 Å². The summed E-state index contributed by atoms with van der Waals surface area (Å²) in [4.78, 5) is 0. The molecule has 0 aliphatic carbocycles. The molecule has 180 valence electrons. The maximum atomic E-state index is 11.1. The van der Waals surface area contributed by atoms with E-state index in [1.165, 1.54) is 38.3 Å². The van der Waals surface area contributed by atoms with Crippen LogP contribution in [0.2, 0.25) is 0 Å². The molecule has 11 heteroatoms. The minimum atomic E-state index is -1.65. The van der Waals surface area contributed by atoms with Crippen molar-refractivity contribution in [3.8, 4) is 28.7 Å². The maximum Gasteiger partial charge on any atom is 0.187 e. The molecule has 0 bridgehead atoms. The Bertz CT molecular complexity index is 1010. The molecule has 4 rings (SSSR count). The highest BCUT2D eigenvalue weighted by molar-refractivity contribution is 5.53. The molecular formula is C22H26O11. The third kappa shape index (κ3) is 4.14. The zero-order valence-electron chi connectivity index (χ0n) is 17.8. The first kappa shape index (κ1) is 23.4. The zero-order chi connectivity index (χ0) is 24.0. The Hall–Kier alpha value is -2.80. The van der Waals surface area contributed by atoms with Crippen LogP contribution in [0.4, 0.5) is 0 Å². The smallest absolute Gasteiger partial charge is 0.187 e. The van der Waals surface area contributed by atoms with Gasteiger partial charge in [0, 0.05) is 12.1 Å². The third-order valence-electron chi connectivity index (χ3n) is 5.90. The van der Waals surface area contributed by atoms with Gasteiger partial charge < -0.3 is 54.7 Å². The third-order valence-corrected chi connectivity index (χ3v) is 5.90. The quantitative estimate of drug-likeness (QED) is 0.327. The van der Waals surface area contributed by atoms with Crippen LogP contribution in [0.25, 0.3) is 0 Å². The van der Waals surface area contributed by atoms with Gasteiger partial charge in [-0.1, -0.05) is 6.07 Å². The number of aromatic hydroxyl groups is 3. The first-order chi connectivity index (χ1) is 15.6. The molecule has 2 aromatic carbocycles. The SMILES string of the molecule is COc1cc([C@H]2Oc3cc(O)cc(O)c3[C@H](O)[C@@H]2O[C@@H]2O[C@@H](C)[C@H](O)[C@@H](O)[C@@H]2O)ccc1O. The van der Waals surface area contributed by atoms with E-state index in [1.807, 2.05) is 0 Å². The van der Waals surface area contributed by atoms with Gasteiger partial charge in [0.25, 0.3) is 0 Å². The van der Waals surface area contributed by atoms with Gasteiger partial charge in [-0.3, -0.25) is 0 Å². The molecule has 1 saturated heterocycles. The van der Waals surface area contributed by atoms with Crippen molar-refractivity contribution in [3.63, 3.8) is 0 Å². The summed E-state index contributed by atoms with van der Waals surface area (Å²) in [7, 11) is 1.36. The lowest BCUT2D eigenvalue weighted by Gasteiger charge is -2.43. The Balaban J connectivity index is 1.75. The van der Waals surface area contributed by atoms with E-state index in [0.717, 1.165) is 6.07 Å². The number of phenolic OH excluding ortho intramolecular Hbond substituents is 3. The maximum absolute atomic E-state index is 11.1. The van der Waals surface area contributed by atoms with Gasteiger partial charge in [0.1, 0.15) is 47.8 Å². The Morgan fingerprint density at radius 3 is 2.30 bits per heavy atom. The van der Waals surface area contributed by atoms with Crippen LogP contribution in [0.5, 0.6) is 28.7 Å². The summed E-state index contributed by atoms with van der Waals surface area (Å²) in [5, 5.41) is 71.7. The molecule has 0 saturated carbocycles. The lowest BCUT2D eigenvalue weighted by Crippen LogP contribution is -2.58. The molecule has 8 atom stereocenters. The van der Waals surface area contributed by atoms with Crippen molar-refractivity contribution >= 4 is 0 Å². The number of fused-ring (bicyclic) bond motifs is 1. The highest BCUT2D eigenvalue weighted by atomic mass is 16.7. The van der Waals surface area contributed by atoms with Gasteiger partial charge in [0.05, 0.1) is 18.8 Å². The highest BCUT2D eigenvalue weighted by Gasteiger charge is 2.48. The number of benzene rings is 2. The van der Waals surface area contributed by atoms with Crippen LogP contribution in [-0.2, 0) is 9.47 Å². The van der Waals surface area contributed by atoms with Gasteiger partial charge in [-0.2, -0.15) is 0 Å². The van der Waals surface area contributed by atoms with Gasteiger partial charge in [0.15, 0.2) is 23.9 Å². The Morgan fingerprint density at radius 1 is 0.879 bits per heavy atom. The summed E-state index contributed by atoms with van der Waals surface area (Å²) < 4.78 is 22.5. The molecular weight excluding hydrogens is 440 g/mol. The number of hydrogen-bond donors (Lipinski definition) is 7. The fourth-order valence-corrected chi connectivity index (χ4v) is 4.08. The Kier molecular flexibility index (Phi) is 6.27. The van der Waals surface area contributed by atoms with Crippen molar-refractivity contribution < 1.29 is 54.7 Å². The molecule has 1 fully saturated rings. The second-order valence-electron chi connectivity index (χ2n) is 8.07. The first-order valence-corrected chi connectivity index (χ1v) is 10.2. The molecule has 11 nitrogen and oxygen atoms in total. The monoisotopic (exact) mass is 466 g/mol. The van der Waals surface area contributed by atoms with Crippen molar-refractivity contribution in [2.24, 2.45) is 0 Å². The molecule has 0 unspecified atom stereocenters. The molecule has 2 aromatic rings. The van der Waals surface area contributed by atoms with Crippen LogP contribution < -0.4 is 9.47 Å². The topological polar surface area (TPSA) is 179 Å². The normalized spacial score (nSPS) is 33.8. The molecule has 33 heavy (non-hydrogen) atoms. The summed E-state index contributed by atoms with van der Waals surface area (Å²) in [6.45, 7) is 1.48. The van der Waals surface area contributed by atoms with E-state index in [0.29, 0.717) is 5.56 Å². The fraction of sp³-hybridized carbons (Fsp3) is 0.455. The highest BCUT2D eigenvalue weighted by Crippen LogP contribution is 2.49. The van der Waals surface area contributed by atoms with Gasteiger partial charge in [0.2, 0.25) is 0 Å². The van der Waals surface area contributed by atoms with E-state index in [2.05, 4.69) is 0 Å². The van der Waals surface area contributed by atoms with E-state index in [-0.39, 0.29) is 28.6 Å². The van der Waals surface area contributed by atoms with Gasteiger partial charge in [-0.05, 0) is 24.6 Å². The standard InChI is InChI=1S/C22H26O11/c1-8-16(26)18(28)19(29)22(31-8)33-21-17(27)15-12(25)6-10(23)7-14(15)32-20(21)9-3-4-11(24)13(5-9)30-2/h3-8,16-29H,1-2H3/t8-,16-,17-,18+,19-,20+,21-,22-/m0/s1. The van der Waals surface area contributed by atoms with Gasteiger partial charge in [-0.15, -0.1) is 0 Å². The lowest BCUT2D eigenvalue weighted by atomic mass is 9.90. The van der Waals surface area contributed by atoms with Crippen molar-refractivity contribution in [3.05, 3.63) is 41.5 Å². The number of methoxy groups -OCH3 is 1. The fourth-order valence-electron chi connectivity index (χ4n) is 4.08. The Labute approximate surface area is 188 Å². The van der Waals surface area contributed by atoms with E-state index in [1.54, 1.807) is 0 Å². The summed E-state index contributed by atoms with van der Waals surface area (Å²) in [5.41, 5.74) is 0.333. The van der Waals surface area contributed by atoms with E-state index < -0.39 is 54.8 Å². The van der Waals surface area contributed by atoms with Crippen molar-refractivity contribution in [1.82, 2.24) is 0 Å². The van der Waals surface area contributed by atoms with Gasteiger partial charge in [-0.25, -0.2) is 0 Å². The largest absolute Gasteiger partial charge is 0.508 e. The van der Waals surface area contributed by atoms with Crippen LogP contribution in [-0.4, -0.2) is 79.7 Å². The molecule has 2 aliphatic heterocycles. The molecule has 2 aliphatic rings. The van der Waals surface area contributed by atoms with E-state index in [4.69, 9.17) is 18.9 Å². The molecule has 0 radical (unpaired) electrons. The summed E-state index contributed by atoms with van der Waals surface area (Å²) in [5.74, 6) is -0.762. The second kappa shape index (κ2) is 8.86.